The van der Waals surface area contributed by atoms with Crippen LogP contribution in [0.5, 0.6) is 5.75 Å². The molecule has 0 unspecified atom stereocenters. The van der Waals surface area contributed by atoms with Gasteiger partial charge in [-0.15, -0.1) is 0 Å². The van der Waals surface area contributed by atoms with E-state index in [0.717, 1.165) is 18.7 Å². The summed E-state index contributed by atoms with van der Waals surface area (Å²) in [5.41, 5.74) is 2.85. The first-order valence-corrected chi connectivity index (χ1v) is 9.45. The highest BCUT2D eigenvalue weighted by Gasteiger charge is 2.16. The Morgan fingerprint density at radius 1 is 0.720 bits per heavy atom. The molecule has 1 heterocycles. The van der Waals surface area contributed by atoms with Crippen LogP contribution in [0.15, 0.2) is 54.6 Å². The molecule has 0 spiro atoms. The van der Waals surface area contributed by atoms with E-state index in [4.69, 9.17) is 4.74 Å². The van der Waals surface area contributed by atoms with Crippen molar-refractivity contribution in [2.75, 3.05) is 46.4 Å². The highest BCUT2D eigenvalue weighted by Crippen LogP contribution is 2.13. The summed E-state index contributed by atoms with van der Waals surface area (Å²) in [6.07, 6.45) is 3.58. The van der Waals surface area contributed by atoms with E-state index in [1.54, 1.807) is 7.11 Å². The summed E-state index contributed by atoms with van der Waals surface area (Å²) in [4.78, 5) is 5.21. The number of hydrogen-bond acceptors (Lipinski definition) is 3. The molecule has 2 aromatic rings. The molecule has 0 saturated carbocycles. The molecule has 134 valence electrons. The van der Waals surface area contributed by atoms with Gasteiger partial charge in [-0.2, -0.15) is 0 Å². The van der Waals surface area contributed by atoms with Gasteiger partial charge in [0.05, 0.1) is 7.11 Å². The monoisotopic (exact) mass is 338 g/mol. The van der Waals surface area contributed by atoms with Gasteiger partial charge >= 0.3 is 0 Å². The topological polar surface area (TPSA) is 15.7 Å². The number of rotatable bonds is 8. The Hall–Kier alpha value is -1.84. The van der Waals surface area contributed by atoms with Crippen LogP contribution in [0.1, 0.15) is 17.5 Å². The van der Waals surface area contributed by atoms with Crippen LogP contribution in [-0.2, 0) is 12.8 Å². The fourth-order valence-corrected chi connectivity index (χ4v) is 3.47. The summed E-state index contributed by atoms with van der Waals surface area (Å²) < 4.78 is 5.22. The smallest absolute Gasteiger partial charge is 0.118 e. The molecule has 3 nitrogen and oxygen atoms in total. The molecule has 3 heteroatoms. The van der Waals surface area contributed by atoms with Crippen LogP contribution in [0, 0.1) is 0 Å². The third-order valence-electron chi connectivity index (χ3n) is 5.12. The van der Waals surface area contributed by atoms with E-state index in [9.17, 15) is 0 Å². The maximum Gasteiger partial charge on any atom is 0.118 e. The molecule has 1 fully saturated rings. The van der Waals surface area contributed by atoms with Crippen LogP contribution in [0.2, 0.25) is 0 Å². The lowest BCUT2D eigenvalue weighted by molar-refractivity contribution is 0.132. The molecule has 25 heavy (non-hydrogen) atoms. The Morgan fingerprint density at radius 2 is 1.32 bits per heavy atom. The molecule has 1 saturated heterocycles. The van der Waals surface area contributed by atoms with Crippen molar-refractivity contribution in [3.05, 3.63) is 65.7 Å². The lowest BCUT2D eigenvalue weighted by atomic mass is 10.1. The van der Waals surface area contributed by atoms with E-state index >= 15 is 0 Å². The molecule has 3 rings (SSSR count). The van der Waals surface area contributed by atoms with Gasteiger partial charge in [-0.1, -0.05) is 42.5 Å². The number of aryl methyl sites for hydroxylation is 1. The van der Waals surface area contributed by atoms with Gasteiger partial charge in [0.25, 0.3) is 0 Å². The molecule has 0 N–H and O–H groups in total. The average molecular weight is 338 g/mol. The van der Waals surface area contributed by atoms with Crippen molar-refractivity contribution in [1.29, 1.82) is 0 Å². The minimum atomic E-state index is 0.938. The summed E-state index contributed by atoms with van der Waals surface area (Å²) in [5, 5.41) is 0. The first-order chi connectivity index (χ1) is 12.3. The van der Waals surface area contributed by atoms with Gasteiger partial charge < -0.3 is 14.5 Å². The van der Waals surface area contributed by atoms with Crippen LogP contribution in [0.3, 0.4) is 0 Å². The second kappa shape index (κ2) is 9.59. The lowest BCUT2D eigenvalue weighted by Crippen LogP contribution is -2.47. The summed E-state index contributed by atoms with van der Waals surface area (Å²) >= 11 is 0. The second-order valence-electron chi connectivity index (χ2n) is 6.87. The third-order valence-corrected chi connectivity index (χ3v) is 5.12. The summed E-state index contributed by atoms with van der Waals surface area (Å²) in [5.74, 6) is 0.938. The third kappa shape index (κ3) is 5.87. The zero-order chi connectivity index (χ0) is 17.3. The van der Waals surface area contributed by atoms with Crippen molar-refractivity contribution < 1.29 is 4.74 Å². The molecule has 0 aliphatic carbocycles. The molecule has 1 aliphatic heterocycles. The van der Waals surface area contributed by atoms with Crippen molar-refractivity contribution >= 4 is 0 Å². The first kappa shape index (κ1) is 18.0. The first-order valence-electron chi connectivity index (χ1n) is 9.45. The van der Waals surface area contributed by atoms with E-state index in [2.05, 4.69) is 64.4 Å². The van der Waals surface area contributed by atoms with Crippen LogP contribution >= 0.6 is 0 Å². The highest BCUT2D eigenvalue weighted by atomic mass is 16.5. The van der Waals surface area contributed by atoms with Crippen LogP contribution in [0.4, 0.5) is 0 Å². The summed E-state index contributed by atoms with van der Waals surface area (Å²) in [6, 6.07) is 19.3. The van der Waals surface area contributed by atoms with Gasteiger partial charge in [0.1, 0.15) is 5.75 Å². The molecule has 0 bridgehead atoms. The molecular weight excluding hydrogens is 308 g/mol. The van der Waals surface area contributed by atoms with Crippen molar-refractivity contribution in [3.63, 3.8) is 0 Å². The number of ether oxygens (including phenoxy) is 1. The average Bonchev–Trinajstić information content (AvgIpc) is 2.68. The Kier molecular flexibility index (Phi) is 6.89. The number of piperazine rings is 1. The minimum Gasteiger partial charge on any atom is -0.497 e. The minimum absolute atomic E-state index is 0.938. The van der Waals surface area contributed by atoms with Gasteiger partial charge in [0.15, 0.2) is 0 Å². The quantitative estimate of drug-likeness (QED) is 0.733. The zero-order valence-electron chi connectivity index (χ0n) is 15.4. The molecular formula is C22H30N2O. The van der Waals surface area contributed by atoms with Gasteiger partial charge in [0, 0.05) is 32.7 Å². The van der Waals surface area contributed by atoms with E-state index in [1.807, 2.05) is 0 Å². The van der Waals surface area contributed by atoms with E-state index in [-0.39, 0.29) is 0 Å². The predicted molar refractivity (Wildman–Crippen MR) is 104 cm³/mol. The molecule has 0 amide bonds. The Labute approximate surface area is 152 Å². The highest BCUT2D eigenvalue weighted by molar-refractivity contribution is 5.27. The van der Waals surface area contributed by atoms with E-state index in [1.165, 1.54) is 56.7 Å². The predicted octanol–water partition coefficient (Wildman–Crippen LogP) is 3.49. The standard InChI is InChI=1S/C22H30N2O/c1-25-22-11-9-21(10-12-22)13-15-24-18-16-23(17-19-24)14-5-8-20-6-3-2-4-7-20/h2-4,6-7,9-12H,5,8,13-19H2,1H3. The largest absolute Gasteiger partial charge is 0.497 e. The SMILES string of the molecule is COc1ccc(CCN2CCN(CCCc3ccccc3)CC2)cc1. The van der Waals surface area contributed by atoms with Gasteiger partial charge in [-0.05, 0) is 49.1 Å². The maximum absolute atomic E-state index is 5.22. The van der Waals surface area contributed by atoms with Gasteiger partial charge in [-0.25, -0.2) is 0 Å². The van der Waals surface area contributed by atoms with Crippen LogP contribution < -0.4 is 4.74 Å². The number of benzene rings is 2. The molecule has 0 aromatic heterocycles. The number of hydrogen-bond donors (Lipinski definition) is 0. The zero-order valence-corrected chi connectivity index (χ0v) is 15.4. The second-order valence-corrected chi connectivity index (χ2v) is 6.87. The molecule has 2 aromatic carbocycles. The Bertz CT molecular complexity index is 604. The van der Waals surface area contributed by atoms with Crippen molar-refractivity contribution in [3.8, 4) is 5.75 Å². The fraction of sp³-hybridized carbons (Fsp3) is 0.455. The van der Waals surface area contributed by atoms with Crippen LogP contribution in [-0.4, -0.2) is 56.2 Å². The maximum atomic E-state index is 5.22. The molecule has 0 atom stereocenters. The Morgan fingerprint density at radius 3 is 1.96 bits per heavy atom. The fourth-order valence-electron chi connectivity index (χ4n) is 3.47. The normalized spacial score (nSPS) is 16.0. The van der Waals surface area contributed by atoms with E-state index in [0.29, 0.717) is 0 Å². The van der Waals surface area contributed by atoms with Crippen molar-refractivity contribution in [2.45, 2.75) is 19.3 Å². The molecule has 0 radical (unpaired) electrons. The van der Waals surface area contributed by atoms with Crippen molar-refractivity contribution in [1.82, 2.24) is 9.80 Å². The summed E-state index contributed by atoms with van der Waals surface area (Å²) in [6.45, 7) is 7.18. The lowest BCUT2D eigenvalue weighted by Gasteiger charge is -2.34. The Balaban J connectivity index is 1.31. The van der Waals surface area contributed by atoms with Crippen LogP contribution in [0.25, 0.3) is 0 Å². The summed E-state index contributed by atoms with van der Waals surface area (Å²) in [7, 11) is 1.72. The van der Waals surface area contributed by atoms with Crippen molar-refractivity contribution in [2.24, 2.45) is 0 Å². The van der Waals surface area contributed by atoms with Gasteiger partial charge in [-0.3, -0.25) is 0 Å². The number of methoxy groups -OCH3 is 1. The van der Waals surface area contributed by atoms with E-state index < -0.39 is 0 Å². The molecule has 1 aliphatic rings. The number of nitrogens with zero attached hydrogens (tertiary/aromatic N) is 2. The van der Waals surface area contributed by atoms with Gasteiger partial charge in [0.2, 0.25) is 0 Å².